The molecule has 2 aliphatic rings. The van der Waals surface area contributed by atoms with E-state index in [1.165, 1.54) is 19.3 Å². The maximum absolute atomic E-state index is 12.0. The van der Waals surface area contributed by atoms with E-state index in [9.17, 15) is 9.59 Å². The molecule has 0 heterocycles. The molecule has 0 aromatic heterocycles. The first-order valence-electron chi connectivity index (χ1n) is 6.08. The van der Waals surface area contributed by atoms with Crippen LogP contribution in [0.1, 0.15) is 32.1 Å². The third kappa shape index (κ3) is 2.20. The number of hydrogen-bond acceptors (Lipinski definition) is 2. The van der Waals surface area contributed by atoms with Gasteiger partial charge in [-0.15, -0.1) is 0 Å². The van der Waals surface area contributed by atoms with Gasteiger partial charge in [-0.2, -0.15) is 0 Å². The van der Waals surface area contributed by atoms with Crippen LogP contribution in [-0.4, -0.2) is 35.5 Å². The zero-order valence-corrected chi connectivity index (χ0v) is 9.69. The normalized spacial score (nSPS) is 30.9. The molecular formula is C12H19NO3. The van der Waals surface area contributed by atoms with E-state index in [1.54, 1.807) is 11.9 Å². The summed E-state index contributed by atoms with van der Waals surface area (Å²) < 4.78 is 0. The number of carbonyl (C=O) groups is 2. The molecule has 1 amide bonds. The second-order valence-electron chi connectivity index (χ2n) is 5.04. The Morgan fingerprint density at radius 1 is 1.31 bits per heavy atom. The number of amides is 1. The molecule has 0 aromatic rings. The minimum atomic E-state index is -0.788. The van der Waals surface area contributed by atoms with E-state index < -0.39 is 5.97 Å². The van der Waals surface area contributed by atoms with Crippen LogP contribution in [0.2, 0.25) is 0 Å². The number of rotatable bonds is 5. The molecule has 2 saturated carbocycles. The summed E-state index contributed by atoms with van der Waals surface area (Å²) in [7, 11) is 1.79. The van der Waals surface area contributed by atoms with Gasteiger partial charge in [-0.3, -0.25) is 9.59 Å². The van der Waals surface area contributed by atoms with E-state index in [-0.39, 0.29) is 18.2 Å². The summed E-state index contributed by atoms with van der Waals surface area (Å²) in [5, 5.41) is 8.51. The Labute approximate surface area is 95.6 Å². The van der Waals surface area contributed by atoms with Crippen molar-refractivity contribution in [2.45, 2.75) is 32.1 Å². The molecule has 0 unspecified atom stereocenters. The Bertz CT molecular complexity index is 293. The second-order valence-corrected chi connectivity index (χ2v) is 5.04. The van der Waals surface area contributed by atoms with Crippen LogP contribution < -0.4 is 0 Å². The number of carboxylic acids is 1. The molecule has 0 aliphatic heterocycles. The predicted octanol–water partition coefficient (Wildman–Crippen LogP) is 1.36. The van der Waals surface area contributed by atoms with E-state index in [0.29, 0.717) is 24.8 Å². The Morgan fingerprint density at radius 2 is 1.94 bits per heavy atom. The highest BCUT2D eigenvalue weighted by Crippen LogP contribution is 2.57. The van der Waals surface area contributed by atoms with Crippen molar-refractivity contribution >= 4 is 11.9 Å². The molecule has 16 heavy (non-hydrogen) atoms. The van der Waals surface area contributed by atoms with Gasteiger partial charge in [0.2, 0.25) is 5.91 Å². The van der Waals surface area contributed by atoms with Crippen molar-refractivity contribution in [3.8, 4) is 0 Å². The molecule has 0 spiro atoms. The van der Waals surface area contributed by atoms with Crippen molar-refractivity contribution < 1.29 is 14.7 Å². The quantitative estimate of drug-likeness (QED) is 0.768. The second kappa shape index (κ2) is 4.44. The lowest BCUT2D eigenvalue weighted by Gasteiger charge is -2.17. The van der Waals surface area contributed by atoms with Gasteiger partial charge in [0.1, 0.15) is 0 Å². The third-order valence-electron chi connectivity index (χ3n) is 3.95. The molecule has 0 bridgehead atoms. The zero-order valence-electron chi connectivity index (χ0n) is 9.69. The van der Waals surface area contributed by atoms with Crippen molar-refractivity contribution in [2.75, 3.05) is 13.6 Å². The van der Waals surface area contributed by atoms with Gasteiger partial charge < -0.3 is 10.0 Å². The molecule has 90 valence electrons. The maximum Gasteiger partial charge on any atom is 0.303 e. The number of hydrogen-bond donors (Lipinski definition) is 1. The monoisotopic (exact) mass is 225 g/mol. The summed E-state index contributed by atoms with van der Waals surface area (Å²) >= 11 is 0. The third-order valence-corrected chi connectivity index (χ3v) is 3.95. The number of fused-ring (bicyclic) bond motifs is 1. The summed E-state index contributed by atoms with van der Waals surface area (Å²) in [6, 6.07) is 0. The Kier molecular flexibility index (Phi) is 3.17. The molecular weight excluding hydrogens is 206 g/mol. The minimum absolute atomic E-state index is 0.148. The molecule has 2 aliphatic carbocycles. The topological polar surface area (TPSA) is 57.6 Å². The summed E-state index contributed by atoms with van der Waals surface area (Å²) in [5.74, 6) is 1.01. The molecule has 4 nitrogen and oxygen atoms in total. The highest BCUT2D eigenvalue weighted by Gasteiger charge is 2.57. The zero-order chi connectivity index (χ0) is 11.7. The average molecular weight is 225 g/mol. The fraction of sp³-hybridized carbons (Fsp3) is 0.833. The molecule has 1 N–H and O–H groups in total. The summed E-state index contributed by atoms with van der Waals surface area (Å²) in [6.45, 7) is 0.571. The number of nitrogens with zero attached hydrogens (tertiary/aromatic N) is 1. The first-order chi connectivity index (χ1) is 7.61. The van der Waals surface area contributed by atoms with Crippen LogP contribution in [0.15, 0.2) is 0 Å². The van der Waals surface area contributed by atoms with Crippen molar-refractivity contribution in [1.82, 2.24) is 4.90 Å². The van der Waals surface area contributed by atoms with E-state index in [2.05, 4.69) is 0 Å². The molecule has 2 fully saturated rings. The largest absolute Gasteiger partial charge is 0.481 e. The van der Waals surface area contributed by atoms with Crippen LogP contribution in [0.3, 0.4) is 0 Å². The summed E-state index contributed by atoms with van der Waals surface area (Å²) in [4.78, 5) is 24.0. The van der Waals surface area contributed by atoms with Crippen LogP contribution >= 0.6 is 0 Å². The highest BCUT2D eigenvalue weighted by atomic mass is 16.4. The molecule has 0 saturated heterocycles. The predicted molar refractivity (Wildman–Crippen MR) is 58.8 cm³/mol. The summed E-state index contributed by atoms with van der Waals surface area (Å²) in [5.41, 5.74) is 0. The smallest absolute Gasteiger partial charge is 0.303 e. The van der Waals surface area contributed by atoms with Gasteiger partial charge in [0, 0.05) is 25.9 Å². The lowest BCUT2D eigenvalue weighted by Crippen LogP contribution is -2.30. The van der Waals surface area contributed by atoms with Gasteiger partial charge >= 0.3 is 5.97 Å². The Hall–Kier alpha value is -1.06. The van der Waals surface area contributed by atoms with E-state index in [4.69, 9.17) is 5.11 Å². The van der Waals surface area contributed by atoms with Gasteiger partial charge in [0.05, 0.1) is 0 Å². The van der Waals surface area contributed by atoms with Gasteiger partial charge in [-0.1, -0.05) is 6.42 Å². The number of carboxylic acid groups (broad SMARTS) is 1. The molecule has 2 rings (SSSR count). The lowest BCUT2D eigenvalue weighted by atomic mass is 10.1. The standard InChI is InChI=1S/C12H19NO3/c1-13(7-3-6-10(14)15)12(16)11-8-4-2-5-9(8)11/h8-9,11H,2-7H2,1H3,(H,14,15)/t8-,9-/m0/s1. The van der Waals surface area contributed by atoms with E-state index in [1.807, 2.05) is 0 Å². The first kappa shape index (κ1) is 11.4. The van der Waals surface area contributed by atoms with Crippen LogP contribution in [0.4, 0.5) is 0 Å². The van der Waals surface area contributed by atoms with Crippen LogP contribution in [0.5, 0.6) is 0 Å². The van der Waals surface area contributed by atoms with Gasteiger partial charge in [-0.25, -0.2) is 0 Å². The first-order valence-corrected chi connectivity index (χ1v) is 6.08. The molecule has 2 atom stereocenters. The maximum atomic E-state index is 12.0. The van der Waals surface area contributed by atoms with Crippen LogP contribution in [0, 0.1) is 17.8 Å². The van der Waals surface area contributed by atoms with Gasteiger partial charge in [0.15, 0.2) is 0 Å². The van der Waals surface area contributed by atoms with E-state index >= 15 is 0 Å². The van der Waals surface area contributed by atoms with Crippen molar-refractivity contribution in [2.24, 2.45) is 17.8 Å². The lowest BCUT2D eigenvalue weighted by molar-refractivity contribution is -0.138. The molecule has 4 heteroatoms. The van der Waals surface area contributed by atoms with E-state index in [0.717, 1.165) is 0 Å². The SMILES string of the molecule is CN(CCCC(=O)O)C(=O)C1[C@H]2CCC[C@H]12. The average Bonchev–Trinajstić information content (AvgIpc) is 2.69. The Balaban J connectivity index is 1.71. The molecule has 0 aromatic carbocycles. The van der Waals surface area contributed by atoms with Crippen LogP contribution in [0.25, 0.3) is 0 Å². The van der Waals surface area contributed by atoms with Crippen molar-refractivity contribution in [3.63, 3.8) is 0 Å². The highest BCUT2D eigenvalue weighted by molar-refractivity contribution is 5.82. The molecule has 0 radical (unpaired) electrons. The van der Waals surface area contributed by atoms with Crippen molar-refractivity contribution in [1.29, 1.82) is 0 Å². The summed E-state index contributed by atoms with van der Waals surface area (Å²) in [6.07, 6.45) is 4.41. The minimum Gasteiger partial charge on any atom is -0.481 e. The number of aliphatic carboxylic acids is 1. The van der Waals surface area contributed by atoms with Gasteiger partial charge in [-0.05, 0) is 31.1 Å². The van der Waals surface area contributed by atoms with Gasteiger partial charge in [0.25, 0.3) is 0 Å². The van der Waals surface area contributed by atoms with Crippen molar-refractivity contribution in [3.05, 3.63) is 0 Å². The fourth-order valence-corrected chi connectivity index (χ4v) is 3.02. The number of carbonyl (C=O) groups excluding carboxylic acids is 1. The Morgan fingerprint density at radius 3 is 2.50 bits per heavy atom. The van der Waals surface area contributed by atoms with Crippen LogP contribution in [-0.2, 0) is 9.59 Å². The fourth-order valence-electron chi connectivity index (χ4n) is 3.02.